The lowest BCUT2D eigenvalue weighted by Gasteiger charge is -2.17. The van der Waals surface area contributed by atoms with Gasteiger partial charge in [-0.25, -0.2) is 14.8 Å². The van der Waals surface area contributed by atoms with Crippen LogP contribution in [0, 0.1) is 0 Å². The highest BCUT2D eigenvalue weighted by Crippen LogP contribution is 2.36. The van der Waals surface area contributed by atoms with E-state index in [2.05, 4.69) is 11.9 Å². The smallest absolute Gasteiger partial charge is 0.332 e. The third-order valence-corrected chi connectivity index (χ3v) is 6.75. The van der Waals surface area contributed by atoms with Crippen molar-refractivity contribution in [3.63, 3.8) is 0 Å². The first-order chi connectivity index (χ1) is 15.9. The number of primary amides is 1. The predicted molar refractivity (Wildman–Crippen MR) is 131 cm³/mol. The normalized spacial score (nSPS) is 12.2. The number of rotatable bonds is 11. The van der Waals surface area contributed by atoms with Gasteiger partial charge in [0.25, 0.3) is 5.56 Å². The van der Waals surface area contributed by atoms with Crippen molar-refractivity contribution in [1.82, 2.24) is 19.1 Å². The number of benzene rings is 1. The molecule has 0 spiro atoms. The molecule has 33 heavy (non-hydrogen) atoms. The van der Waals surface area contributed by atoms with Gasteiger partial charge in [0, 0.05) is 20.0 Å². The van der Waals surface area contributed by atoms with Gasteiger partial charge >= 0.3 is 5.69 Å². The maximum absolute atomic E-state index is 13.2. The summed E-state index contributed by atoms with van der Waals surface area (Å²) in [5.74, 6) is 0.0380. The van der Waals surface area contributed by atoms with E-state index in [9.17, 15) is 14.4 Å². The van der Waals surface area contributed by atoms with Crippen molar-refractivity contribution in [3.8, 4) is 0 Å². The topological polar surface area (TPSA) is 113 Å². The Kier molecular flexibility index (Phi) is 8.43. The molecule has 0 bridgehead atoms. The zero-order valence-corrected chi connectivity index (χ0v) is 20.2. The summed E-state index contributed by atoms with van der Waals surface area (Å²) in [6.45, 7) is 4.54. The molecule has 0 saturated carbocycles. The number of carbonyl (C=O) groups is 1. The molecule has 9 heteroatoms. The Morgan fingerprint density at radius 3 is 2.42 bits per heavy atom. The Bertz CT molecular complexity index is 1240. The third-order valence-electron chi connectivity index (χ3n) is 5.49. The van der Waals surface area contributed by atoms with E-state index in [1.807, 2.05) is 37.3 Å². The Balaban J connectivity index is 2.21. The molecule has 0 fully saturated rings. The fraction of sp³-hybridized carbons (Fsp3) is 0.458. The highest BCUT2D eigenvalue weighted by molar-refractivity contribution is 8.00. The highest BCUT2D eigenvalue weighted by atomic mass is 32.2. The molecule has 0 aliphatic heterocycles. The van der Waals surface area contributed by atoms with E-state index in [0.717, 1.165) is 47.6 Å². The summed E-state index contributed by atoms with van der Waals surface area (Å²) in [6, 6.07) is 9.17. The summed E-state index contributed by atoms with van der Waals surface area (Å²) in [5, 5.41) is -0.105. The van der Waals surface area contributed by atoms with Crippen molar-refractivity contribution in [2.24, 2.45) is 12.8 Å². The molecule has 3 aromatic rings. The Hall–Kier alpha value is -2.94. The van der Waals surface area contributed by atoms with Gasteiger partial charge in [-0.1, -0.05) is 75.2 Å². The average molecular weight is 470 g/mol. The fourth-order valence-electron chi connectivity index (χ4n) is 3.74. The molecule has 0 saturated heterocycles. The van der Waals surface area contributed by atoms with Crippen LogP contribution < -0.4 is 17.0 Å². The van der Waals surface area contributed by atoms with Gasteiger partial charge in [0.2, 0.25) is 5.91 Å². The van der Waals surface area contributed by atoms with Crippen LogP contribution in [-0.4, -0.2) is 25.0 Å². The molecule has 0 aliphatic rings. The molecular formula is C24H31N5O3S. The van der Waals surface area contributed by atoms with Crippen molar-refractivity contribution in [3.05, 3.63) is 62.6 Å². The first kappa shape index (κ1) is 24.7. The van der Waals surface area contributed by atoms with Crippen LogP contribution in [0.4, 0.5) is 0 Å². The summed E-state index contributed by atoms with van der Waals surface area (Å²) in [7, 11) is 1.45. The SMILES string of the molecule is CCCCCCc1nc(SC(C(N)=O)c2ccccc2)c2c(=O)n(C)c(=O)n(CCC)c2n1. The van der Waals surface area contributed by atoms with Crippen molar-refractivity contribution in [2.75, 3.05) is 0 Å². The van der Waals surface area contributed by atoms with Crippen molar-refractivity contribution in [1.29, 1.82) is 0 Å². The molecule has 2 heterocycles. The molecule has 0 radical (unpaired) electrons. The van der Waals surface area contributed by atoms with E-state index >= 15 is 0 Å². The van der Waals surface area contributed by atoms with E-state index in [1.54, 1.807) is 0 Å². The first-order valence-corrected chi connectivity index (χ1v) is 12.3. The van der Waals surface area contributed by atoms with Gasteiger partial charge < -0.3 is 5.73 Å². The number of nitrogens with zero attached hydrogens (tertiary/aromatic N) is 4. The van der Waals surface area contributed by atoms with E-state index < -0.39 is 22.4 Å². The first-order valence-electron chi connectivity index (χ1n) is 11.4. The Labute approximate surface area is 197 Å². The van der Waals surface area contributed by atoms with E-state index in [4.69, 9.17) is 10.7 Å². The lowest BCUT2D eigenvalue weighted by Crippen LogP contribution is -2.39. The number of fused-ring (bicyclic) bond motifs is 1. The van der Waals surface area contributed by atoms with E-state index in [0.29, 0.717) is 35.9 Å². The van der Waals surface area contributed by atoms with Gasteiger partial charge in [0.1, 0.15) is 21.5 Å². The number of amides is 1. The lowest BCUT2D eigenvalue weighted by molar-refractivity contribution is -0.117. The van der Waals surface area contributed by atoms with Crippen LogP contribution in [0.1, 0.15) is 62.6 Å². The minimum atomic E-state index is -0.728. The Morgan fingerprint density at radius 1 is 1.06 bits per heavy atom. The molecule has 176 valence electrons. The second kappa shape index (κ2) is 11.3. The van der Waals surface area contributed by atoms with Crippen LogP contribution in [0.25, 0.3) is 11.0 Å². The minimum absolute atomic E-state index is 0.245. The molecule has 0 aliphatic carbocycles. The number of unbranched alkanes of at least 4 members (excludes halogenated alkanes) is 3. The minimum Gasteiger partial charge on any atom is -0.368 e. The molecule has 1 atom stereocenters. The molecule has 1 unspecified atom stereocenters. The van der Waals surface area contributed by atoms with Gasteiger partial charge in [0.15, 0.2) is 5.65 Å². The summed E-state index contributed by atoms with van der Waals surface area (Å²) >= 11 is 1.14. The summed E-state index contributed by atoms with van der Waals surface area (Å²) in [5.41, 5.74) is 5.91. The van der Waals surface area contributed by atoms with Crippen LogP contribution in [0.15, 0.2) is 44.9 Å². The van der Waals surface area contributed by atoms with Crippen LogP contribution in [0.3, 0.4) is 0 Å². The number of aryl methyl sites for hydroxylation is 2. The van der Waals surface area contributed by atoms with E-state index in [1.165, 1.54) is 11.6 Å². The molecule has 1 amide bonds. The molecule has 3 rings (SSSR count). The van der Waals surface area contributed by atoms with Crippen LogP contribution in [0.5, 0.6) is 0 Å². The van der Waals surface area contributed by atoms with Crippen LogP contribution in [-0.2, 0) is 24.8 Å². The summed E-state index contributed by atoms with van der Waals surface area (Å²) < 4.78 is 2.61. The van der Waals surface area contributed by atoms with Gasteiger partial charge in [-0.05, 0) is 18.4 Å². The van der Waals surface area contributed by atoms with E-state index in [-0.39, 0.29) is 5.39 Å². The van der Waals surface area contributed by atoms with Gasteiger partial charge in [-0.15, -0.1) is 0 Å². The molecule has 2 N–H and O–H groups in total. The summed E-state index contributed by atoms with van der Waals surface area (Å²) in [4.78, 5) is 47.7. The number of thioether (sulfide) groups is 1. The average Bonchev–Trinajstić information content (AvgIpc) is 2.81. The molecule has 1 aromatic carbocycles. The van der Waals surface area contributed by atoms with Crippen molar-refractivity contribution in [2.45, 2.75) is 69.2 Å². The third kappa shape index (κ3) is 5.52. The van der Waals surface area contributed by atoms with Crippen molar-refractivity contribution < 1.29 is 4.79 Å². The quantitative estimate of drug-likeness (QED) is 0.262. The molecule has 8 nitrogen and oxygen atoms in total. The van der Waals surface area contributed by atoms with Crippen LogP contribution >= 0.6 is 11.8 Å². The van der Waals surface area contributed by atoms with Gasteiger partial charge in [-0.3, -0.25) is 18.7 Å². The lowest BCUT2D eigenvalue weighted by atomic mass is 10.1. The zero-order chi connectivity index (χ0) is 24.0. The number of carbonyl (C=O) groups excluding carboxylic acids is 1. The number of nitrogens with two attached hydrogens (primary N) is 1. The zero-order valence-electron chi connectivity index (χ0n) is 19.4. The monoisotopic (exact) mass is 469 g/mol. The standard InChI is InChI=1S/C24H31N5O3S/c1-4-6-7-11-14-17-26-21-18(23(31)28(3)24(32)29(21)15-5-2)22(27-17)33-19(20(25)30)16-12-9-8-10-13-16/h8-10,12-13,19H,4-7,11,14-15H2,1-3H3,(H2,25,30). The summed E-state index contributed by atoms with van der Waals surface area (Å²) in [6.07, 6.45) is 5.53. The second-order valence-electron chi connectivity index (χ2n) is 8.06. The van der Waals surface area contributed by atoms with Gasteiger partial charge in [-0.2, -0.15) is 0 Å². The Morgan fingerprint density at radius 2 is 1.79 bits per heavy atom. The largest absolute Gasteiger partial charge is 0.368 e. The highest BCUT2D eigenvalue weighted by Gasteiger charge is 2.25. The molecular weight excluding hydrogens is 438 g/mol. The predicted octanol–water partition coefficient (Wildman–Crippen LogP) is 3.34. The second-order valence-corrected chi connectivity index (χ2v) is 9.16. The molecule has 2 aromatic heterocycles. The number of hydrogen-bond acceptors (Lipinski definition) is 6. The maximum atomic E-state index is 13.2. The van der Waals surface area contributed by atoms with Crippen molar-refractivity contribution >= 4 is 28.7 Å². The van der Waals surface area contributed by atoms with Crippen LogP contribution in [0.2, 0.25) is 0 Å². The maximum Gasteiger partial charge on any atom is 0.332 e. The fourth-order valence-corrected chi connectivity index (χ4v) is 4.83. The number of aromatic nitrogens is 4. The van der Waals surface area contributed by atoms with Gasteiger partial charge in [0.05, 0.1) is 0 Å². The number of hydrogen-bond donors (Lipinski definition) is 1.